The number of amides is 3. The number of fused-ring (bicyclic) bond motifs is 1. The van der Waals surface area contributed by atoms with Gasteiger partial charge in [0.25, 0.3) is 5.91 Å². The third-order valence-electron chi connectivity index (χ3n) is 5.91. The van der Waals surface area contributed by atoms with Gasteiger partial charge in [0.05, 0.1) is 13.2 Å². The van der Waals surface area contributed by atoms with Gasteiger partial charge in [0, 0.05) is 11.6 Å². The number of benzene rings is 1. The van der Waals surface area contributed by atoms with E-state index in [0.717, 1.165) is 0 Å². The average Bonchev–Trinajstić information content (AvgIpc) is 2.78. The minimum absolute atomic E-state index is 0.0537. The Morgan fingerprint density at radius 3 is 2.06 bits per heavy atom. The van der Waals surface area contributed by atoms with Gasteiger partial charge in [-0.15, -0.1) is 0 Å². The van der Waals surface area contributed by atoms with Crippen LogP contribution in [0.4, 0.5) is 0 Å². The highest BCUT2D eigenvalue weighted by molar-refractivity contribution is 6.07. The van der Waals surface area contributed by atoms with E-state index >= 15 is 0 Å². The summed E-state index contributed by atoms with van der Waals surface area (Å²) in [6, 6.07) is 5.21. The first kappa shape index (κ1) is 28.1. The number of rotatable bonds is 10. The molecule has 1 heterocycles. The molecule has 0 radical (unpaired) electrons. The zero-order valence-corrected chi connectivity index (χ0v) is 21.8. The van der Waals surface area contributed by atoms with E-state index < -0.39 is 29.9 Å². The standard InChI is InChI=1S/C27H39N3O5/c1-15(2)12-21(26(33)29-22(13-16(3)4)27(34)35-7)28-23(31)14-20-18-10-8-9-11-19(18)25(32)30-24(20)17(5)6/h8-11,14-17,21-22,24H,12-13H2,1-7H3,(H,28,31)(H,29,33)(H,30,32)/b20-14-/t21-,22-,24-/m0/s1. The molecule has 0 aliphatic carbocycles. The Labute approximate surface area is 208 Å². The third-order valence-corrected chi connectivity index (χ3v) is 5.91. The maximum absolute atomic E-state index is 13.1. The molecule has 0 bridgehead atoms. The molecular weight excluding hydrogens is 446 g/mol. The number of esters is 1. The third kappa shape index (κ3) is 7.67. The van der Waals surface area contributed by atoms with Crippen LogP contribution in [0, 0.1) is 17.8 Å². The fraction of sp³-hybridized carbons (Fsp3) is 0.556. The Kier molecular flexibility index (Phi) is 10.0. The highest BCUT2D eigenvalue weighted by atomic mass is 16.5. The Bertz CT molecular complexity index is 967. The van der Waals surface area contributed by atoms with Crippen molar-refractivity contribution in [3.63, 3.8) is 0 Å². The summed E-state index contributed by atoms with van der Waals surface area (Å²) in [7, 11) is 1.29. The molecule has 3 atom stereocenters. The van der Waals surface area contributed by atoms with Gasteiger partial charge in [0.2, 0.25) is 11.8 Å². The van der Waals surface area contributed by atoms with Crippen LogP contribution in [0.2, 0.25) is 0 Å². The van der Waals surface area contributed by atoms with E-state index in [1.807, 2.05) is 53.7 Å². The number of hydrogen-bond donors (Lipinski definition) is 3. The molecule has 0 spiro atoms. The zero-order chi connectivity index (χ0) is 26.3. The second-order valence-corrected chi connectivity index (χ2v) is 10.2. The number of ether oxygens (including phenoxy) is 1. The predicted molar refractivity (Wildman–Crippen MR) is 135 cm³/mol. The topological polar surface area (TPSA) is 114 Å². The van der Waals surface area contributed by atoms with Gasteiger partial charge in [-0.3, -0.25) is 14.4 Å². The first-order valence-corrected chi connectivity index (χ1v) is 12.2. The molecule has 35 heavy (non-hydrogen) atoms. The van der Waals surface area contributed by atoms with Crippen LogP contribution in [0.25, 0.3) is 5.57 Å². The average molecular weight is 486 g/mol. The smallest absolute Gasteiger partial charge is 0.328 e. The number of methoxy groups -OCH3 is 1. The van der Waals surface area contributed by atoms with Crippen molar-refractivity contribution in [2.45, 2.75) is 72.5 Å². The lowest BCUT2D eigenvalue weighted by atomic mass is 9.84. The van der Waals surface area contributed by atoms with Crippen LogP contribution >= 0.6 is 0 Å². The van der Waals surface area contributed by atoms with Gasteiger partial charge in [0.15, 0.2) is 0 Å². The van der Waals surface area contributed by atoms with Crippen LogP contribution in [-0.4, -0.2) is 48.9 Å². The van der Waals surface area contributed by atoms with Crippen LogP contribution in [0.3, 0.4) is 0 Å². The molecule has 3 amide bonds. The molecule has 8 heteroatoms. The lowest BCUT2D eigenvalue weighted by Gasteiger charge is -2.31. The molecule has 3 N–H and O–H groups in total. The SMILES string of the molecule is COC(=O)[C@H](CC(C)C)NC(=O)[C@H](CC(C)C)NC(=O)/C=C1/c2ccccc2C(=O)N[C@H]1C(C)C. The minimum atomic E-state index is -0.829. The van der Waals surface area contributed by atoms with Crippen LogP contribution < -0.4 is 16.0 Å². The number of hydrogen-bond acceptors (Lipinski definition) is 5. The molecular formula is C27H39N3O5. The molecule has 8 nitrogen and oxygen atoms in total. The summed E-state index contributed by atoms with van der Waals surface area (Å²) < 4.78 is 4.85. The van der Waals surface area contributed by atoms with Crippen molar-refractivity contribution in [1.82, 2.24) is 16.0 Å². The molecule has 1 aliphatic rings. The largest absolute Gasteiger partial charge is 0.467 e. The molecule has 192 valence electrons. The summed E-state index contributed by atoms with van der Waals surface area (Å²) in [5.74, 6) is -1.21. The van der Waals surface area contributed by atoms with Gasteiger partial charge >= 0.3 is 5.97 Å². The lowest BCUT2D eigenvalue weighted by Crippen LogP contribution is -2.52. The summed E-state index contributed by atoms with van der Waals surface area (Å²) in [5.41, 5.74) is 1.91. The minimum Gasteiger partial charge on any atom is -0.467 e. The maximum Gasteiger partial charge on any atom is 0.328 e. The quantitative estimate of drug-likeness (QED) is 0.348. The highest BCUT2D eigenvalue weighted by Crippen LogP contribution is 2.30. The molecule has 0 fully saturated rings. The molecule has 0 unspecified atom stereocenters. The Morgan fingerprint density at radius 1 is 0.943 bits per heavy atom. The van der Waals surface area contributed by atoms with Crippen molar-refractivity contribution in [1.29, 1.82) is 0 Å². The molecule has 0 saturated heterocycles. The van der Waals surface area contributed by atoms with Crippen LogP contribution in [0.15, 0.2) is 30.3 Å². The summed E-state index contributed by atoms with van der Waals surface area (Å²) in [5, 5.41) is 8.56. The second-order valence-electron chi connectivity index (χ2n) is 10.2. The second kappa shape index (κ2) is 12.5. The molecule has 0 aromatic heterocycles. The van der Waals surface area contributed by atoms with Crippen molar-refractivity contribution in [2.75, 3.05) is 7.11 Å². The van der Waals surface area contributed by atoms with E-state index in [1.54, 1.807) is 12.1 Å². The van der Waals surface area contributed by atoms with Crippen molar-refractivity contribution >= 4 is 29.3 Å². The summed E-state index contributed by atoms with van der Waals surface area (Å²) in [6.07, 6.45) is 2.30. The number of nitrogens with one attached hydrogen (secondary N) is 3. The Morgan fingerprint density at radius 2 is 1.51 bits per heavy atom. The molecule has 1 aromatic rings. The van der Waals surface area contributed by atoms with Crippen molar-refractivity contribution in [3.05, 3.63) is 41.5 Å². The first-order chi connectivity index (χ1) is 16.4. The van der Waals surface area contributed by atoms with E-state index in [2.05, 4.69) is 16.0 Å². The van der Waals surface area contributed by atoms with Crippen LogP contribution in [-0.2, 0) is 19.1 Å². The van der Waals surface area contributed by atoms with Gasteiger partial charge in [-0.25, -0.2) is 4.79 Å². The van der Waals surface area contributed by atoms with Gasteiger partial charge in [-0.1, -0.05) is 59.7 Å². The van der Waals surface area contributed by atoms with Crippen molar-refractivity contribution in [3.8, 4) is 0 Å². The summed E-state index contributed by atoms with van der Waals surface area (Å²) >= 11 is 0. The molecule has 1 aliphatic heterocycles. The van der Waals surface area contributed by atoms with Crippen LogP contribution in [0.5, 0.6) is 0 Å². The van der Waals surface area contributed by atoms with Gasteiger partial charge in [-0.05, 0) is 47.8 Å². The molecule has 1 aromatic carbocycles. The number of carbonyl (C=O) groups is 4. The normalized spacial score (nSPS) is 18.2. The summed E-state index contributed by atoms with van der Waals surface area (Å²) in [4.78, 5) is 51.0. The van der Waals surface area contributed by atoms with E-state index in [0.29, 0.717) is 29.5 Å². The van der Waals surface area contributed by atoms with Crippen molar-refractivity contribution in [2.24, 2.45) is 17.8 Å². The number of carbonyl (C=O) groups excluding carboxylic acids is 4. The summed E-state index contributed by atoms with van der Waals surface area (Å²) in [6.45, 7) is 11.8. The van der Waals surface area contributed by atoms with Gasteiger partial charge in [-0.2, -0.15) is 0 Å². The molecule has 0 saturated carbocycles. The predicted octanol–water partition coefficient (Wildman–Crippen LogP) is 3.07. The van der Waals surface area contributed by atoms with Gasteiger partial charge in [0.1, 0.15) is 12.1 Å². The van der Waals surface area contributed by atoms with E-state index in [9.17, 15) is 19.2 Å². The van der Waals surface area contributed by atoms with E-state index in [4.69, 9.17) is 4.74 Å². The Balaban J connectivity index is 2.31. The fourth-order valence-electron chi connectivity index (χ4n) is 4.25. The monoisotopic (exact) mass is 485 g/mol. The van der Waals surface area contributed by atoms with Crippen LogP contribution in [0.1, 0.15) is 70.3 Å². The van der Waals surface area contributed by atoms with Crippen molar-refractivity contribution < 1.29 is 23.9 Å². The van der Waals surface area contributed by atoms with Gasteiger partial charge < -0.3 is 20.7 Å². The fourth-order valence-corrected chi connectivity index (χ4v) is 4.25. The highest BCUT2D eigenvalue weighted by Gasteiger charge is 2.32. The van der Waals surface area contributed by atoms with E-state index in [-0.39, 0.29) is 29.7 Å². The Hall–Kier alpha value is -3.16. The first-order valence-electron chi connectivity index (χ1n) is 12.2. The maximum atomic E-state index is 13.1. The lowest BCUT2D eigenvalue weighted by molar-refractivity contribution is -0.145. The molecule has 2 rings (SSSR count). The zero-order valence-electron chi connectivity index (χ0n) is 21.8. The van der Waals surface area contributed by atoms with E-state index in [1.165, 1.54) is 13.2 Å².